The van der Waals surface area contributed by atoms with Gasteiger partial charge in [-0.3, -0.25) is 0 Å². The minimum absolute atomic E-state index is 0. The Morgan fingerprint density at radius 3 is 1.56 bits per heavy atom. The molecule has 0 amide bonds. The lowest BCUT2D eigenvalue weighted by molar-refractivity contribution is -0.685. The van der Waals surface area contributed by atoms with Crippen LogP contribution in [0.25, 0.3) is 0 Å². The topological polar surface area (TPSA) is 25.8 Å². The molecule has 0 saturated carbocycles. The first-order valence-corrected chi connectivity index (χ1v) is 11.2. The molecule has 1 atom stereocenters. The van der Waals surface area contributed by atoms with Gasteiger partial charge in [-0.25, -0.2) is 0 Å². The fourth-order valence-corrected chi connectivity index (χ4v) is 3.90. The zero-order chi connectivity index (χ0) is 17.3. The van der Waals surface area contributed by atoms with Crippen LogP contribution in [0.5, 0.6) is 0 Å². The smallest absolute Gasteiger partial charge is 0.114 e. The van der Waals surface area contributed by atoms with E-state index in [2.05, 4.69) is 19.2 Å². The van der Waals surface area contributed by atoms with Crippen LogP contribution in [0.15, 0.2) is 0 Å². The summed E-state index contributed by atoms with van der Waals surface area (Å²) < 4.78 is 5.95. The maximum Gasteiger partial charge on any atom is 0.114 e. The molecule has 1 aliphatic heterocycles. The number of hydrogen-bond donors (Lipinski definition) is 1. The summed E-state index contributed by atoms with van der Waals surface area (Å²) in [6, 6.07) is 0. The van der Waals surface area contributed by atoms with Crippen LogP contribution < -0.4 is 17.7 Å². The van der Waals surface area contributed by atoms with Crippen molar-refractivity contribution in [2.75, 3.05) is 19.7 Å². The van der Waals surface area contributed by atoms with Gasteiger partial charge >= 0.3 is 0 Å². The first kappa shape index (κ1) is 25.2. The zero-order valence-corrected chi connectivity index (χ0v) is 18.1. The molecule has 1 saturated heterocycles. The van der Waals surface area contributed by atoms with Gasteiger partial charge in [0.25, 0.3) is 0 Å². The Bertz CT molecular complexity index is 267. The van der Waals surface area contributed by atoms with Crippen molar-refractivity contribution in [1.29, 1.82) is 0 Å². The van der Waals surface area contributed by atoms with Crippen molar-refractivity contribution in [3.05, 3.63) is 0 Å². The molecule has 1 aliphatic rings. The minimum Gasteiger partial charge on any atom is -1.00 e. The molecule has 1 rings (SSSR count). The fraction of sp³-hybridized carbons (Fsp3) is 1.00. The molecular formula is C22H46ClNO. The van der Waals surface area contributed by atoms with E-state index in [1.165, 1.54) is 103 Å². The standard InChI is InChI=1S/C22H45NO.ClH/c1-3-4-5-6-7-8-9-10-11-12-13-14-15-16-17-18-22(2)21-23-19-20-24-22;/h23H,3-21H2,1-2H3;1H. The molecular weight excluding hydrogens is 330 g/mol. The lowest BCUT2D eigenvalue weighted by Crippen LogP contribution is -3.00. The molecule has 0 aromatic rings. The monoisotopic (exact) mass is 375 g/mol. The largest absolute Gasteiger partial charge is 1.00 e. The number of ether oxygens (including phenoxy) is 1. The number of halogens is 1. The molecule has 0 aromatic carbocycles. The number of rotatable bonds is 16. The molecule has 1 fully saturated rings. The van der Waals surface area contributed by atoms with E-state index in [0.717, 1.165) is 19.7 Å². The summed E-state index contributed by atoms with van der Waals surface area (Å²) in [6.07, 6.45) is 22.9. The van der Waals surface area contributed by atoms with Crippen molar-refractivity contribution in [3.8, 4) is 0 Å². The predicted molar refractivity (Wildman–Crippen MR) is 106 cm³/mol. The number of hydrogen-bond acceptors (Lipinski definition) is 1. The highest BCUT2D eigenvalue weighted by molar-refractivity contribution is 4.75. The highest BCUT2D eigenvalue weighted by Crippen LogP contribution is 2.20. The Balaban J connectivity index is 0.00000576. The highest BCUT2D eigenvalue weighted by Gasteiger charge is 2.29. The molecule has 0 spiro atoms. The second-order valence-corrected chi connectivity index (χ2v) is 8.28. The molecule has 0 radical (unpaired) electrons. The van der Waals surface area contributed by atoms with Crippen molar-refractivity contribution in [1.82, 2.24) is 0 Å². The quantitative estimate of drug-likeness (QED) is 0.412. The van der Waals surface area contributed by atoms with Gasteiger partial charge in [-0.2, -0.15) is 0 Å². The Morgan fingerprint density at radius 2 is 1.16 bits per heavy atom. The van der Waals surface area contributed by atoms with E-state index >= 15 is 0 Å². The first-order valence-electron chi connectivity index (χ1n) is 11.2. The summed E-state index contributed by atoms with van der Waals surface area (Å²) in [5.41, 5.74) is 0.161. The molecule has 152 valence electrons. The molecule has 1 unspecified atom stereocenters. The Labute approximate surface area is 164 Å². The fourth-order valence-electron chi connectivity index (χ4n) is 3.90. The normalized spacial score (nSPS) is 20.4. The molecule has 0 aliphatic carbocycles. The van der Waals surface area contributed by atoms with Gasteiger partial charge in [-0.15, -0.1) is 0 Å². The molecule has 2 nitrogen and oxygen atoms in total. The number of quaternary nitrogens is 1. The van der Waals surface area contributed by atoms with Gasteiger partial charge in [0.05, 0.1) is 13.2 Å². The van der Waals surface area contributed by atoms with Crippen LogP contribution in [0, 0.1) is 0 Å². The van der Waals surface area contributed by atoms with E-state index in [1.807, 2.05) is 0 Å². The van der Waals surface area contributed by atoms with Gasteiger partial charge in [0.15, 0.2) is 0 Å². The van der Waals surface area contributed by atoms with E-state index in [9.17, 15) is 0 Å². The Hall–Kier alpha value is 0.210. The third kappa shape index (κ3) is 15.0. The van der Waals surface area contributed by atoms with Crippen molar-refractivity contribution >= 4 is 0 Å². The second kappa shape index (κ2) is 17.6. The first-order chi connectivity index (χ1) is 11.8. The van der Waals surface area contributed by atoms with Gasteiger partial charge in [-0.05, 0) is 13.3 Å². The summed E-state index contributed by atoms with van der Waals surface area (Å²) in [5, 5.41) is 2.41. The summed E-state index contributed by atoms with van der Waals surface area (Å²) in [5.74, 6) is 0. The average molecular weight is 376 g/mol. The summed E-state index contributed by atoms with van der Waals surface area (Å²) in [4.78, 5) is 0. The van der Waals surface area contributed by atoms with E-state index in [1.54, 1.807) is 0 Å². The Morgan fingerprint density at radius 1 is 0.720 bits per heavy atom. The third-order valence-corrected chi connectivity index (χ3v) is 5.66. The molecule has 0 bridgehead atoms. The summed E-state index contributed by atoms with van der Waals surface area (Å²) in [6.45, 7) is 7.84. The zero-order valence-electron chi connectivity index (χ0n) is 17.3. The van der Waals surface area contributed by atoms with Crippen LogP contribution in [0.3, 0.4) is 0 Å². The average Bonchev–Trinajstić information content (AvgIpc) is 2.59. The van der Waals surface area contributed by atoms with Crippen LogP contribution >= 0.6 is 0 Å². The number of morpholine rings is 1. The predicted octanol–water partition coefficient (Wildman–Crippen LogP) is 2.60. The summed E-state index contributed by atoms with van der Waals surface area (Å²) >= 11 is 0. The van der Waals surface area contributed by atoms with E-state index in [0.29, 0.717) is 0 Å². The summed E-state index contributed by atoms with van der Waals surface area (Å²) in [7, 11) is 0. The maximum atomic E-state index is 5.95. The SMILES string of the molecule is CCCCCCCCCCCCCCCCCC1(C)C[NH2+]CCO1.[Cl-]. The second-order valence-electron chi connectivity index (χ2n) is 8.28. The van der Waals surface area contributed by atoms with Gasteiger partial charge in [0.1, 0.15) is 12.1 Å². The maximum absolute atomic E-state index is 5.95. The van der Waals surface area contributed by atoms with Crippen LogP contribution in [-0.2, 0) is 4.74 Å². The lowest BCUT2D eigenvalue weighted by atomic mass is 9.96. The molecule has 1 heterocycles. The van der Waals surface area contributed by atoms with Crippen molar-refractivity contribution < 1.29 is 22.5 Å². The van der Waals surface area contributed by atoms with Gasteiger partial charge < -0.3 is 22.5 Å². The van der Waals surface area contributed by atoms with Crippen LogP contribution in [0.4, 0.5) is 0 Å². The van der Waals surface area contributed by atoms with Crippen LogP contribution in [0.1, 0.15) is 117 Å². The van der Waals surface area contributed by atoms with Crippen LogP contribution in [-0.4, -0.2) is 25.3 Å². The van der Waals surface area contributed by atoms with Crippen molar-refractivity contribution in [3.63, 3.8) is 0 Å². The van der Waals surface area contributed by atoms with Crippen LogP contribution in [0.2, 0.25) is 0 Å². The lowest BCUT2D eigenvalue weighted by Gasteiger charge is -2.31. The van der Waals surface area contributed by atoms with Gasteiger partial charge in [-0.1, -0.05) is 103 Å². The van der Waals surface area contributed by atoms with E-state index in [-0.39, 0.29) is 18.0 Å². The molecule has 25 heavy (non-hydrogen) atoms. The number of nitrogens with two attached hydrogens (primary N) is 1. The van der Waals surface area contributed by atoms with E-state index < -0.39 is 0 Å². The van der Waals surface area contributed by atoms with Crippen molar-refractivity contribution in [2.24, 2.45) is 0 Å². The molecule has 2 N–H and O–H groups in total. The van der Waals surface area contributed by atoms with Gasteiger partial charge in [0, 0.05) is 0 Å². The number of unbranched alkanes of at least 4 members (excludes halogenated alkanes) is 14. The third-order valence-electron chi connectivity index (χ3n) is 5.66. The van der Waals surface area contributed by atoms with Gasteiger partial charge in [0.2, 0.25) is 0 Å². The molecule has 0 aromatic heterocycles. The minimum atomic E-state index is 0. The Kier molecular flexibility index (Phi) is 17.8. The van der Waals surface area contributed by atoms with Crippen molar-refractivity contribution in [2.45, 2.75) is 122 Å². The molecule has 3 heteroatoms. The highest BCUT2D eigenvalue weighted by atomic mass is 35.5. The van der Waals surface area contributed by atoms with E-state index in [4.69, 9.17) is 4.74 Å².